The Balaban J connectivity index is 1.82. The maximum Gasteiger partial charge on any atom is 0.309 e. The second-order valence-electron chi connectivity index (χ2n) is 4.06. The van der Waals surface area contributed by atoms with Crippen LogP contribution in [-0.4, -0.2) is 18.5 Å². The molecule has 2 rings (SSSR count). The number of hydrogen-bond acceptors (Lipinski definition) is 3. The molecule has 1 aliphatic rings. The van der Waals surface area contributed by atoms with Crippen molar-refractivity contribution in [2.75, 3.05) is 11.9 Å². The van der Waals surface area contributed by atoms with Gasteiger partial charge in [0.05, 0.1) is 10.9 Å². The van der Waals surface area contributed by atoms with Crippen molar-refractivity contribution in [3.05, 3.63) is 29.0 Å². The quantitative estimate of drug-likeness (QED) is 0.856. The van der Waals surface area contributed by atoms with Gasteiger partial charge in [0.2, 0.25) is 0 Å². The van der Waals surface area contributed by atoms with Crippen LogP contribution in [0.15, 0.2) is 18.2 Å². The van der Waals surface area contributed by atoms with Crippen LogP contribution in [-0.2, 0) is 14.3 Å². The van der Waals surface area contributed by atoms with Gasteiger partial charge in [-0.3, -0.25) is 9.59 Å². The van der Waals surface area contributed by atoms with Gasteiger partial charge in [-0.2, -0.15) is 0 Å². The number of ether oxygens (including phenoxy) is 1. The van der Waals surface area contributed by atoms with Crippen LogP contribution >= 0.6 is 11.6 Å². The van der Waals surface area contributed by atoms with Crippen molar-refractivity contribution in [2.24, 2.45) is 5.92 Å². The lowest BCUT2D eigenvalue weighted by molar-refractivity contribution is -0.148. The van der Waals surface area contributed by atoms with Crippen LogP contribution in [0.5, 0.6) is 0 Å². The average Bonchev–Trinajstić information content (AvgIpc) is 3.15. The molecule has 0 aromatic heterocycles. The Hall–Kier alpha value is -1.62. The lowest BCUT2D eigenvalue weighted by Gasteiger charge is -2.06. The third-order valence-electron chi connectivity index (χ3n) is 2.46. The van der Waals surface area contributed by atoms with Gasteiger partial charge in [0.1, 0.15) is 5.82 Å². The fourth-order valence-corrected chi connectivity index (χ4v) is 1.53. The van der Waals surface area contributed by atoms with E-state index in [-0.39, 0.29) is 23.5 Å². The van der Waals surface area contributed by atoms with E-state index in [9.17, 15) is 14.0 Å². The average molecular weight is 272 g/mol. The SMILES string of the molecule is O=C(COC(=O)C1CC1)Nc1ccc(F)c(Cl)c1. The minimum Gasteiger partial charge on any atom is -0.455 e. The van der Waals surface area contributed by atoms with E-state index in [0.717, 1.165) is 18.9 Å². The zero-order valence-electron chi connectivity index (χ0n) is 9.41. The zero-order valence-corrected chi connectivity index (χ0v) is 10.2. The molecule has 4 nitrogen and oxygen atoms in total. The fourth-order valence-electron chi connectivity index (χ4n) is 1.34. The van der Waals surface area contributed by atoms with Crippen LogP contribution in [0.3, 0.4) is 0 Å². The lowest BCUT2D eigenvalue weighted by atomic mass is 10.3. The van der Waals surface area contributed by atoms with Gasteiger partial charge in [0, 0.05) is 5.69 Å². The summed E-state index contributed by atoms with van der Waals surface area (Å²) >= 11 is 5.56. The first-order valence-corrected chi connectivity index (χ1v) is 5.85. The number of amides is 1. The highest BCUT2D eigenvalue weighted by Gasteiger charge is 2.31. The first-order chi connectivity index (χ1) is 8.56. The molecule has 0 unspecified atom stereocenters. The number of esters is 1. The monoisotopic (exact) mass is 271 g/mol. The van der Waals surface area contributed by atoms with Crippen molar-refractivity contribution in [1.29, 1.82) is 0 Å². The molecule has 0 bridgehead atoms. The van der Waals surface area contributed by atoms with Crippen LogP contribution in [0.2, 0.25) is 5.02 Å². The highest BCUT2D eigenvalue weighted by Crippen LogP contribution is 2.30. The van der Waals surface area contributed by atoms with E-state index >= 15 is 0 Å². The van der Waals surface area contributed by atoms with E-state index in [1.54, 1.807) is 0 Å². The Morgan fingerprint density at radius 2 is 2.17 bits per heavy atom. The first-order valence-electron chi connectivity index (χ1n) is 5.48. The summed E-state index contributed by atoms with van der Waals surface area (Å²) in [6.07, 6.45) is 1.65. The smallest absolute Gasteiger partial charge is 0.309 e. The van der Waals surface area contributed by atoms with Crippen LogP contribution in [0.1, 0.15) is 12.8 Å². The van der Waals surface area contributed by atoms with E-state index in [1.165, 1.54) is 12.1 Å². The molecule has 0 atom stereocenters. The number of benzene rings is 1. The number of carbonyl (C=O) groups excluding carboxylic acids is 2. The second-order valence-corrected chi connectivity index (χ2v) is 4.47. The third-order valence-corrected chi connectivity index (χ3v) is 2.75. The van der Waals surface area contributed by atoms with Gasteiger partial charge < -0.3 is 10.1 Å². The fraction of sp³-hybridized carbons (Fsp3) is 0.333. The van der Waals surface area contributed by atoms with Gasteiger partial charge in [-0.15, -0.1) is 0 Å². The molecule has 18 heavy (non-hydrogen) atoms. The minimum atomic E-state index is -0.560. The van der Waals surface area contributed by atoms with Crippen molar-refractivity contribution in [3.8, 4) is 0 Å². The standard InChI is InChI=1S/C12H11ClFNO3/c13-9-5-8(3-4-10(9)14)15-11(16)6-18-12(17)7-1-2-7/h3-5,7H,1-2,6H2,(H,15,16). The second kappa shape index (κ2) is 5.35. The molecule has 1 fully saturated rings. The summed E-state index contributed by atoms with van der Waals surface area (Å²) < 4.78 is 17.7. The molecule has 1 N–H and O–H groups in total. The van der Waals surface area contributed by atoms with Crippen LogP contribution in [0.25, 0.3) is 0 Å². The molecule has 1 saturated carbocycles. The molecule has 0 aliphatic heterocycles. The molecule has 1 aromatic carbocycles. The summed E-state index contributed by atoms with van der Waals surface area (Å²) in [6.45, 7) is -0.343. The Kier molecular flexibility index (Phi) is 3.81. The molecular formula is C12H11ClFNO3. The highest BCUT2D eigenvalue weighted by molar-refractivity contribution is 6.31. The van der Waals surface area contributed by atoms with Gasteiger partial charge in [0.25, 0.3) is 5.91 Å². The summed E-state index contributed by atoms with van der Waals surface area (Å²) in [5.41, 5.74) is 0.355. The predicted molar refractivity (Wildman–Crippen MR) is 63.7 cm³/mol. The Labute approximate surface area is 108 Å². The molecule has 96 valence electrons. The van der Waals surface area contributed by atoms with Gasteiger partial charge >= 0.3 is 5.97 Å². The van der Waals surface area contributed by atoms with Crippen molar-refractivity contribution >= 4 is 29.2 Å². The molecule has 1 aromatic rings. The van der Waals surface area contributed by atoms with Crippen molar-refractivity contribution < 1.29 is 18.7 Å². The molecule has 0 spiro atoms. The molecule has 0 radical (unpaired) electrons. The largest absolute Gasteiger partial charge is 0.455 e. The van der Waals surface area contributed by atoms with Crippen LogP contribution < -0.4 is 5.32 Å². The third kappa shape index (κ3) is 3.43. The van der Waals surface area contributed by atoms with Gasteiger partial charge in [-0.1, -0.05) is 11.6 Å². The van der Waals surface area contributed by atoms with Crippen LogP contribution in [0, 0.1) is 11.7 Å². The highest BCUT2D eigenvalue weighted by atomic mass is 35.5. The van der Waals surface area contributed by atoms with Gasteiger partial charge in [-0.25, -0.2) is 4.39 Å². The van der Waals surface area contributed by atoms with Gasteiger partial charge in [-0.05, 0) is 31.0 Å². The number of anilines is 1. The zero-order chi connectivity index (χ0) is 13.1. The summed E-state index contributed by atoms with van der Waals surface area (Å²) in [7, 11) is 0. The van der Waals surface area contributed by atoms with E-state index < -0.39 is 11.7 Å². The Morgan fingerprint density at radius 1 is 1.44 bits per heavy atom. The van der Waals surface area contributed by atoms with E-state index in [0.29, 0.717) is 5.69 Å². The summed E-state index contributed by atoms with van der Waals surface area (Å²) in [5.74, 6) is -1.43. The minimum absolute atomic E-state index is 0.0435. The summed E-state index contributed by atoms with van der Waals surface area (Å²) in [4.78, 5) is 22.6. The number of rotatable bonds is 4. The van der Waals surface area contributed by atoms with Crippen molar-refractivity contribution in [1.82, 2.24) is 0 Å². The van der Waals surface area contributed by atoms with Gasteiger partial charge in [0.15, 0.2) is 6.61 Å². The maximum atomic E-state index is 12.9. The number of nitrogens with one attached hydrogen (secondary N) is 1. The van der Waals surface area contributed by atoms with E-state index in [4.69, 9.17) is 16.3 Å². The molecule has 0 heterocycles. The van der Waals surface area contributed by atoms with Crippen molar-refractivity contribution in [2.45, 2.75) is 12.8 Å². The summed E-state index contributed by atoms with van der Waals surface area (Å²) in [6, 6.07) is 3.81. The number of halogens is 2. The molecule has 0 saturated heterocycles. The predicted octanol–water partition coefficient (Wildman–Crippen LogP) is 2.37. The Bertz CT molecular complexity index is 488. The molecule has 1 aliphatic carbocycles. The lowest BCUT2D eigenvalue weighted by Crippen LogP contribution is -2.21. The maximum absolute atomic E-state index is 12.9. The van der Waals surface area contributed by atoms with E-state index in [2.05, 4.69) is 5.32 Å². The number of carbonyl (C=O) groups is 2. The Morgan fingerprint density at radius 3 is 2.78 bits per heavy atom. The topological polar surface area (TPSA) is 55.4 Å². The van der Waals surface area contributed by atoms with Crippen molar-refractivity contribution in [3.63, 3.8) is 0 Å². The first kappa shape index (κ1) is 12.8. The number of hydrogen-bond donors (Lipinski definition) is 1. The summed E-state index contributed by atoms with van der Waals surface area (Å²) in [5, 5.41) is 2.38. The van der Waals surface area contributed by atoms with E-state index in [1.807, 2.05) is 0 Å². The molecule has 1 amide bonds. The molecular weight excluding hydrogens is 261 g/mol. The van der Waals surface area contributed by atoms with Crippen LogP contribution in [0.4, 0.5) is 10.1 Å². The normalized spacial score (nSPS) is 14.1. The molecule has 6 heteroatoms.